The number of sulfonamides is 1. The van der Waals surface area contributed by atoms with Crippen LogP contribution >= 0.6 is 0 Å². The van der Waals surface area contributed by atoms with Gasteiger partial charge in [0.25, 0.3) is 5.91 Å². The third kappa shape index (κ3) is 3.65. The molecule has 0 spiro atoms. The van der Waals surface area contributed by atoms with Crippen LogP contribution in [0.3, 0.4) is 0 Å². The molecule has 7 heteroatoms. The average molecular weight is 308 g/mol. The number of nitrogens with two attached hydrogens (primary N) is 1. The summed E-state index contributed by atoms with van der Waals surface area (Å²) >= 11 is 0. The van der Waals surface area contributed by atoms with Crippen LogP contribution in [0.2, 0.25) is 0 Å². The lowest BCUT2D eigenvalue weighted by molar-refractivity contribution is 0.102. The maximum Gasteiger partial charge on any atom is 0.255 e. The summed E-state index contributed by atoms with van der Waals surface area (Å²) in [5, 5.41) is 7.64. The van der Waals surface area contributed by atoms with Gasteiger partial charge < -0.3 is 5.32 Å². The van der Waals surface area contributed by atoms with E-state index in [0.29, 0.717) is 11.3 Å². The Morgan fingerprint density at radius 1 is 1.14 bits per heavy atom. The van der Waals surface area contributed by atoms with E-state index in [0.717, 1.165) is 0 Å². The van der Waals surface area contributed by atoms with Gasteiger partial charge in [-0.2, -0.15) is 0 Å². The average Bonchev–Trinajstić information content (AvgIpc) is 2.40. The van der Waals surface area contributed by atoms with Crippen LogP contribution in [-0.4, -0.2) is 14.3 Å². The second-order valence-corrected chi connectivity index (χ2v) is 6.02. The normalized spacial score (nSPS) is 11.2. The molecule has 0 saturated carbocycles. The van der Waals surface area contributed by atoms with Crippen molar-refractivity contribution in [1.82, 2.24) is 0 Å². The Hall–Kier alpha value is -2.25. The molecule has 1 amide bonds. The van der Waals surface area contributed by atoms with E-state index < -0.39 is 21.7 Å². The van der Waals surface area contributed by atoms with E-state index in [2.05, 4.69) is 5.32 Å². The first-order chi connectivity index (χ1) is 9.77. The van der Waals surface area contributed by atoms with E-state index >= 15 is 0 Å². The highest BCUT2D eigenvalue weighted by atomic mass is 32.2. The van der Waals surface area contributed by atoms with Crippen molar-refractivity contribution in [2.24, 2.45) is 5.14 Å². The third-order valence-electron chi connectivity index (χ3n) is 2.86. The molecule has 2 rings (SSSR count). The molecule has 2 aromatic rings. The van der Waals surface area contributed by atoms with Crippen LogP contribution in [0.1, 0.15) is 15.9 Å². The number of primary sulfonamides is 1. The van der Waals surface area contributed by atoms with Gasteiger partial charge in [-0.15, -0.1) is 0 Å². The van der Waals surface area contributed by atoms with Crippen molar-refractivity contribution in [1.29, 1.82) is 0 Å². The van der Waals surface area contributed by atoms with Gasteiger partial charge in [-0.25, -0.2) is 17.9 Å². The minimum Gasteiger partial charge on any atom is -0.322 e. The maximum absolute atomic E-state index is 12.8. The van der Waals surface area contributed by atoms with E-state index in [9.17, 15) is 17.6 Å². The van der Waals surface area contributed by atoms with Crippen LogP contribution in [0.5, 0.6) is 0 Å². The van der Waals surface area contributed by atoms with Gasteiger partial charge in [0.15, 0.2) is 0 Å². The van der Waals surface area contributed by atoms with Gasteiger partial charge in [0.1, 0.15) is 5.82 Å². The minimum absolute atomic E-state index is 0.103. The number of nitrogens with one attached hydrogen (secondary N) is 1. The molecule has 0 aliphatic heterocycles. The zero-order valence-corrected chi connectivity index (χ0v) is 11.9. The van der Waals surface area contributed by atoms with Crippen molar-refractivity contribution in [2.45, 2.75) is 11.8 Å². The monoisotopic (exact) mass is 308 g/mol. The Morgan fingerprint density at radius 2 is 1.76 bits per heavy atom. The smallest absolute Gasteiger partial charge is 0.255 e. The van der Waals surface area contributed by atoms with Crippen LogP contribution in [-0.2, 0) is 10.0 Å². The Labute approximate surface area is 121 Å². The molecule has 0 aromatic heterocycles. The molecule has 0 bridgehead atoms. The molecule has 2 aromatic carbocycles. The van der Waals surface area contributed by atoms with E-state index in [1.165, 1.54) is 42.5 Å². The SMILES string of the molecule is Cc1ccc(C(=O)Nc2ccc(F)cc2)cc1S(N)(=O)=O. The fraction of sp³-hybridized carbons (Fsp3) is 0.0714. The highest BCUT2D eigenvalue weighted by Gasteiger charge is 2.15. The summed E-state index contributed by atoms with van der Waals surface area (Å²) in [4.78, 5) is 11.9. The van der Waals surface area contributed by atoms with Gasteiger partial charge in [-0.05, 0) is 48.9 Å². The summed E-state index contributed by atoms with van der Waals surface area (Å²) in [6, 6.07) is 9.43. The summed E-state index contributed by atoms with van der Waals surface area (Å²) in [5.74, 6) is -0.925. The first-order valence-corrected chi connectivity index (χ1v) is 7.52. The number of hydrogen-bond donors (Lipinski definition) is 2. The quantitative estimate of drug-likeness (QED) is 0.909. The van der Waals surface area contributed by atoms with Crippen molar-refractivity contribution >= 4 is 21.6 Å². The Kier molecular flexibility index (Phi) is 4.06. The molecule has 0 atom stereocenters. The maximum atomic E-state index is 12.8. The molecule has 5 nitrogen and oxygen atoms in total. The van der Waals surface area contributed by atoms with Crippen molar-refractivity contribution in [3.8, 4) is 0 Å². The second kappa shape index (κ2) is 5.63. The Balaban J connectivity index is 2.30. The van der Waals surface area contributed by atoms with Crippen molar-refractivity contribution in [3.63, 3.8) is 0 Å². The summed E-state index contributed by atoms with van der Waals surface area (Å²) in [5.41, 5.74) is 1.00. The van der Waals surface area contributed by atoms with E-state index in [1.807, 2.05) is 0 Å². The number of carbonyl (C=O) groups excluding carboxylic acids is 1. The number of amides is 1. The fourth-order valence-electron chi connectivity index (χ4n) is 1.78. The molecule has 110 valence electrons. The van der Waals surface area contributed by atoms with Crippen LogP contribution in [0.15, 0.2) is 47.4 Å². The lowest BCUT2D eigenvalue weighted by Gasteiger charge is -2.08. The van der Waals surface area contributed by atoms with Crippen molar-refractivity contribution < 1.29 is 17.6 Å². The van der Waals surface area contributed by atoms with E-state index in [4.69, 9.17) is 5.14 Å². The van der Waals surface area contributed by atoms with E-state index in [1.54, 1.807) is 6.92 Å². The molecule has 21 heavy (non-hydrogen) atoms. The highest BCUT2D eigenvalue weighted by Crippen LogP contribution is 2.17. The molecule has 0 unspecified atom stereocenters. The highest BCUT2D eigenvalue weighted by molar-refractivity contribution is 7.89. The Bertz CT molecular complexity index is 786. The largest absolute Gasteiger partial charge is 0.322 e. The molecule has 0 radical (unpaired) electrons. The standard InChI is InChI=1S/C14H13FN2O3S/c1-9-2-3-10(8-13(9)21(16,19)20)14(18)17-12-6-4-11(15)5-7-12/h2-8H,1H3,(H,17,18)(H2,16,19,20). The van der Waals surface area contributed by atoms with E-state index in [-0.39, 0.29) is 10.5 Å². The summed E-state index contributed by atoms with van der Waals surface area (Å²) in [6.45, 7) is 1.58. The van der Waals surface area contributed by atoms with Gasteiger partial charge in [-0.3, -0.25) is 4.79 Å². The van der Waals surface area contributed by atoms with Gasteiger partial charge >= 0.3 is 0 Å². The molecule has 0 saturated heterocycles. The second-order valence-electron chi connectivity index (χ2n) is 4.49. The number of halogens is 1. The third-order valence-corrected chi connectivity index (χ3v) is 3.91. The van der Waals surface area contributed by atoms with Gasteiger partial charge in [-0.1, -0.05) is 6.07 Å². The number of anilines is 1. The summed E-state index contributed by atoms with van der Waals surface area (Å²) < 4.78 is 35.6. The fourth-order valence-corrected chi connectivity index (χ4v) is 2.59. The van der Waals surface area contributed by atoms with Gasteiger partial charge in [0.2, 0.25) is 10.0 Å². The molecule has 0 heterocycles. The Morgan fingerprint density at radius 3 is 2.33 bits per heavy atom. The zero-order valence-electron chi connectivity index (χ0n) is 11.1. The zero-order chi connectivity index (χ0) is 15.6. The topological polar surface area (TPSA) is 89.3 Å². The van der Waals surface area contributed by atoms with Crippen molar-refractivity contribution in [3.05, 3.63) is 59.4 Å². The van der Waals surface area contributed by atoms with Crippen LogP contribution in [0, 0.1) is 12.7 Å². The lowest BCUT2D eigenvalue weighted by Crippen LogP contribution is -2.17. The lowest BCUT2D eigenvalue weighted by atomic mass is 10.1. The number of aryl methyl sites for hydroxylation is 1. The number of hydrogen-bond acceptors (Lipinski definition) is 3. The van der Waals surface area contributed by atoms with Crippen LogP contribution in [0.25, 0.3) is 0 Å². The number of benzene rings is 2. The van der Waals surface area contributed by atoms with Crippen LogP contribution < -0.4 is 10.5 Å². The first-order valence-electron chi connectivity index (χ1n) is 5.98. The first kappa shape index (κ1) is 15.1. The number of carbonyl (C=O) groups is 1. The molecular weight excluding hydrogens is 295 g/mol. The van der Waals surface area contributed by atoms with Crippen LogP contribution in [0.4, 0.5) is 10.1 Å². The predicted molar refractivity (Wildman–Crippen MR) is 76.9 cm³/mol. The summed E-state index contributed by atoms with van der Waals surface area (Å²) in [7, 11) is -3.90. The minimum atomic E-state index is -3.90. The molecule has 0 aliphatic carbocycles. The predicted octanol–water partition coefficient (Wildman–Crippen LogP) is 2.03. The molecule has 3 N–H and O–H groups in total. The molecular formula is C14H13FN2O3S. The van der Waals surface area contributed by atoms with Crippen molar-refractivity contribution in [2.75, 3.05) is 5.32 Å². The van der Waals surface area contributed by atoms with Gasteiger partial charge in [0, 0.05) is 11.3 Å². The van der Waals surface area contributed by atoms with Gasteiger partial charge in [0.05, 0.1) is 4.90 Å². The number of rotatable bonds is 3. The summed E-state index contributed by atoms with van der Waals surface area (Å²) in [6.07, 6.45) is 0. The molecule has 0 aliphatic rings. The molecule has 0 fully saturated rings.